The number of aliphatic hydroxyl groups excluding tert-OH is 1. The molecule has 0 bridgehead atoms. The maximum atomic E-state index is 10.8. The van der Waals surface area contributed by atoms with Crippen LogP contribution in [0.4, 0.5) is 0 Å². The number of thioether (sulfide) groups is 1. The number of rotatable bonds is 11. The second-order valence-electron chi connectivity index (χ2n) is 7.21. The highest BCUT2D eigenvalue weighted by molar-refractivity contribution is 7.99. The lowest BCUT2D eigenvalue weighted by Crippen LogP contribution is -2.26. The highest BCUT2D eigenvalue weighted by Crippen LogP contribution is 2.29. The molecular weight excluding hydrogens is 302 g/mol. The molecule has 0 aliphatic carbocycles. The molecule has 0 heterocycles. The highest BCUT2D eigenvalue weighted by Gasteiger charge is 2.21. The van der Waals surface area contributed by atoms with Gasteiger partial charge in [-0.05, 0) is 56.3 Å². The minimum absolute atomic E-state index is 0.310. The van der Waals surface area contributed by atoms with Gasteiger partial charge in [0.2, 0.25) is 0 Å². The summed E-state index contributed by atoms with van der Waals surface area (Å²) in [4.78, 5) is 3.49. The summed E-state index contributed by atoms with van der Waals surface area (Å²) >= 11 is 1.91. The van der Waals surface area contributed by atoms with Gasteiger partial charge in [-0.2, -0.15) is 0 Å². The molecule has 0 amide bonds. The van der Waals surface area contributed by atoms with Crippen LogP contribution in [-0.2, 0) is 0 Å². The first kappa shape index (κ1) is 20.5. The Morgan fingerprint density at radius 2 is 1.74 bits per heavy atom. The average Bonchev–Trinajstić information content (AvgIpc) is 2.50. The number of unbranched alkanes of at least 4 members (excludes halogenated alkanes) is 1. The number of hydrogen-bond donors (Lipinski definition) is 1. The first-order valence-corrected chi connectivity index (χ1v) is 9.98. The molecule has 0 radical (unpaired) electrons. The molecule has 132 valence electrons. The highest BCUT2D eigenvalue weighted by atomic mass is 32.2. The molecule has 0 aliphatic heterocycles. The Morgan fingerprint density at radius 1 is 1.09 bits per heavy atom. The Bertz CT molecular complexity index is 416. The molecule has 2 atom stereocenters. The van der Waals surface area contributed by atoms with Crippen molar-refractivity contribution in [1.29, 1.82) is 0 Å². The van der Waals surface area contributed by atoms with E-state index in [-0.39, 0.29) is 6.10 Å². The second-order valence-corrected chi connectivity index (χ2v) is 8.38. The summed E-state index contributed by atoms with van der Waals surface area (Å²) in [6.07, 6.45) is 4.33. The molecule has 23 heavy (non-hydrogen) atoms. The molecule has 2 unspecified atom stereocenters. The van der Waals surface area contributed by atoms with Gasteiger partial charge in [0, 0.05) is 17.4 Å². The molecule has 1 aromatic rings. The summed E-state index contributed by atoms with van der Waals surface area (Å²) in [7, 11) is 4.17. The first-order chi connectivity index (χ1) is 10.9. The molecular formula is C20H35NOS. The van der Waals surface area contributed by atoms with Crippen molar-refractivity contribution in [3.63, 3.8) is 0 Å². The fourth-order valence-electron chi connectivity index (χ4n) is 2.73. The summed E-state index contributed by atoms with van der Waals surface area (Å²) in [5.41, 5.74) is 1.06. The summed E-state index contributed by atoms with van der Waals surface area (Å²) in [5.74, 6) is 2.23. The largest absolute Gasteiger partial charge is 0.388 e. The zero-order valence-electron chi connectivity index (χ0n) is 15.6. The van der Waals surface area contributed by atoms with Crippen molar-refractivity contribution in [2.45, 2.75) is 57.5 Å². The normalized spacial score (nSPS) is 14.4. The van der Waals surface area contributed by atoms with Gasteiger partial charge in [-0.1, -0.05) is 45.7 Å². The van der Waals surface area contributed by atoms with E-state index in [0.29, 0.717) is 5.92 Å². The Balaban J connectivity index is 2.63. The lowest BCUT2D eigenvalue weighted by molar-refractivity contribution is 0.0837. The molecule has 1 rings (SSSR count). The molecule has 2 nitrogen and oxygen atoms in total. The Hall–Kier alpha value is -0.510. The van der Waals surface area contributed by atoms with Crippen LogP contribution in [0.25, 0.3) is 0 Å². The number of nitrogens with zero attached hydrogens (tertiary/aromatic N) is 1. The van der Waals surface area contributed by atoms with Crippen LogP contribution in [0.1, 0.15) is 58.1 Å². The van der Waals surface area contributed by atoms with Gasteiger partial charge in [0.15, 0.2) is 0 Å². The number of aliphatic hydroxyl groups is 1. The minimum Gasteiger partial charge on any atom is -0.388 e. The quantitative estimate of drug-likeness (QED) is 0.560. The van der Waals surface area contributed by atoms with Gasteiger partial charge in [0.1, 0.15) is 0 Å². The molecule has 0 spiro atoms. The van der Waals surface area contributed by atoms with E-state index in [1.54, 1.807) is 0 Å². The van der Waals surface area contributed by atoms with Gasteiger partial charge < -0.3 is 10.0 Å². The number of benzene rings is 1. The van der Waals surface area contributed by atoms with E-state index in [1.807, 2.05) is 11.8 Å². The van der Waals surface area contributed by atoms with Gasteiger partial charge in [0.05, 0.1) is 6.10 Å². The predicted octanol–water partition coefficient (Wildman–Crippen LogP) is 5.23. The average molecular weight is 338 g/mol. The second kappa shape index (κ2) is 11.1. The Morgan fingerprint density at radius 3 is 2.26 bits per heavy atom. The van der Waals surface area contributed by atoms with Gasteiger partial charge in [-0.25, -0.2) is 0 Å². The van der Waals surface area contributed by atoms with Crippen molar-refractivity contribution in [1.82, 2.24) is 4.90 Å². The van der Waals surface area contributed by atoms with E-state index in [2.05, 4.69) is 64.0 Å². The predicted molar refractivity (Wildman–Crippen MR) is 103 cm³/mol. The molecule has 1 aromatic carbocycles. The van der Waals surface area contributed by atoms with Crippen LogP contribution < -0.4 is 0 Å². The lowest BCUT2D eigenvalue weighted by Gasteiger charge is -2.26. The molecule has 0 aromatic heterocycles. The molecule has 3 heteroatoms. The van der Waals surface area contributed by atoms with E-state index in [0.717, 1.165) is 24.4 Å². The van der Waals surface area contributed by atoms with Crippen molar-refractivity contribution >= 4 is 11.8 Å². The molecule has 0 saturated carbocycles. The van der Waals surface area contributed by atoms with E-state index in [9.17, 15) is 5.11 Å². The van der Waals surface area contributed by atoms with Gasteiger partial charge in [0.25, 0.3) is 0 Å². The van der Waals surface area contributed by atoms with Crippen molar-refractivity contribution < 1.29 is 5.11 Å². The van der Waals surface area contributed by atoms with E-state index in [4.69, 9.17) is 0 Å². The summed E-state index contributed by atoms with van der Waals surface area (Å²) < 4.78 is 0. The Kier molecular flexibility index (Phi) is 9.92. The van der Waals surface area contributed by atoms with Crippen LogP contribution >= 0.6 is 11.8 Å². The molecule has 1 N–H and O–H groups in total. The fourth-order valence-corrected chi connectivity index (χ4v) is 3.88. The third-order valence-electron chi connectivity index (χ3n) is 4.16. The third kappa shape index (κ3) is 8.23. The fraction of sp³-hybridized carbons (Fsp3) is 0.700. The molecule has 0 saturated heterocycles. The SMILES string of the molecule is CCCCC(CN(C)C)C(O)c1ccc(SCCC(C)C)cc1. The van der Waals surface area contributed by atoms with Gasteiger partial charge >= 0.3 is 0 Å². The lowest BCUT2D eigenvalue weighted by atomic mass is 9.91. The Labute approximate surface area is 147 Å². The first-order valence-electron chi connectivity index (χ1n) is 8.99. The standard InChI is InChI=1S/C20H35NOS/c1-6-7-8-18(15-21(4)5)20(22)17-9-11-19(12-10-17)23-14-13-16(2)3/h9-12,16,18,20,22H,6-8,13-15H2,1-5H3. The van der Waals surface area contributed by atoms with Crippen LogP contribution in [0, 0.1) is 11.8 Å². The smallest absolute Gasteiger partial charge is 0.0830 e. The van der Waals surface area contributed by atoms with Crippen molar-refractivity contribution in [3.05, 3.63) is 29.8 Å². The summed E-state index contributed by atoms with van der Waals surface area (Å²) in [6, 6.07) is 8.54. The summed E-state index contributed by atoms with van der Waals surface area (Å²) in [6.45, 7) is 7.68. The zero-order chi connectivity index (χ0) is 17.2. The monoisotopic (exact) mass is 337 g/mol. The van der Waals surface area contributed by atoms with Crippen molar-refractivity contribution in [2.24, 2.45) is 11.8 Å². The van der Waals surface area contributed by atoms with Crippen molar-refractivity contribution in [2.75, 3.05) is 26.4 Å². The van der Waals surface area contributed by atoms with Crippen LogP contribution in [0.2, 0.25) is 0 Å². The zero-order valence-corrected chi connectivity index (χ0v) is 16.4. The van der Waals surface area contributed by atoms with Crippen LogP contribution in [0.15, 0.2) is 29.2 Å². The van der Waals surface area contributed by atoms with E-state index in [1.165, 1.54) is 29.9 Å². The van der Waals surface area contributed by atoms with Gasteiger partial charge in [-0.3, -0.25) is 0 Å². The van der Waals surface area contributed by atoms with E-state index >= 15 is 0 Å². The van der Waals surface area contributed by atoms with Crippen LogP contribution in [0.5, 0.6) is 0 Å². The molecule has 0 fully saturated rings. The van der Waals surface area contributed by atoms with E-state index < -0.39 is 0 Å². The van der Waals surface area contributed by atoms with Crippen LogP contribution in [-0.4, -0.2) is 36.4 Å². The van der Waals surface area contributed by atoms with Gasteiger partial charge in [-0.15, -0.1) is 11.8 Å². The summed E-state index contributed by atoms with van der Waals surface area (Å²) in [5, 5.41) is 10.8. The maximum Gasteiger partial charge on any atom is 0.0830 e. The third-order valence-corrected chi connectivity index (χ3v) is 5.21. The number of hydrogen-bond acceptors (Lipinski definition) is 3. The minimum atomic E-state index is -0.362. The van der Waals surface area contributed by atoms with Crippen LogP contribution in [0.3, 0.4) is 0 Å². The van der Waals surface area contributed by atoms with Crippen molar-refractivity contribution in [3.8, 4) is 0 Å². The topological polar surface area (TPSA) is 23.5 Å². The molecule has 0 aliphatic rings. The maximum absolute atomic E-state index is 10.8.